The minimum Gasteiger partial charge on any atom is -0.340 e. The molecule has 1 aromatic carbocycles. The molecule has 6 heteroatoms. The molecule has 0 atom stereocenters. The van der Waals surface area contributed by atoms with Gasteiger partial charge >= 0.3 is 0 Å². The number of nitrogens with two attached hydrogens (primary N) is 1. The van der Waals surface area contributed by atoms with Gasteiger partial charge in [-0.05, 0) is 12.0 Å². The van der Waals surface area contributed by atoms with Crippen LogP contribution in [-0.4, -0.2) is 45.9 Å². The van der Waals surface area contributed by atoms with Crippen molar-refractivity contribution in [3.8, 4) is 0 Å². The van der Waals surface area contributed by atoms with Crippen molar-refractivity contribution in [2.24, 2.45) is 5.73 Å². The Morgan fingerprint density at radius 3 is 2.80 bits per heavy atom. The van der Waals surface area contributed by atoms with Crippen molar-refractivity contribution >= 4 is 5.91 Å². The van der Waals surface area contributed by atoms with Crippen LogP contribution in [0.15, 0.2) is 36.5 Å². The van der Waals surface area contributed by atoms with E-state index < -0.39 is 0 Å². The van der Waals surface area contributed by atoms with Crippen molar-refractivity contribution in [1.29, 1.82) is 0 Å². The van der Waals surface area contributed by atoms with Crippen LogP contribution >= 0.6 is 0 Å². The van der Waals surface area contributed by atoms with Gasteiger partial charge in [0.15, 0.2) is 5.69 Å². The summed E-state index contributed by atoms with van der Waals surface area (Å²) in [5.74, 6) is -0.121. The third-order valence-corrected chi connectivity index (χ3v) is 3.04. The molecule has 20 heavy (non-hydrogen) atoms. The lowest BCUT2D eigenvalue weighted by Gasteiger charge is -2.15. The molecular weight excluding hydrogens is 254 g/mol. The monoisotopic (exact) mass is 273 g/mol. The molecule has 0 aliphatic heterocycles. The molecule has 2 rings (SSSR count). The van der Waals surface area contributed by atoms with Crippen LogP contribution in [0.4, 0.5) is 0 Å². The van der Waals surface area contributed by atoms with E-state index in [1.165, 1.54) is 5.56 Å². The van der Waals surface area contributed by atoms with E-state index in [4.69, 9.17) is 5.73 Å². The number of amides is 1. The molecule has 0 aliphatic rings. The van der Waals surface area contributed by atoms with Crippen LogP contribution in [0.3, 0.4) is 0 Å². The van der Waals surface area contributed by atoms with E-state index in [2.05, 4.69) is 22.4 Å². The van der Waals surface area contributed by atoms with Crippen LogP contribution in [0.2, 0.25) is 0 Å². The second kappa shape index (κ2) is 6.81. The summed E-state index contributed by atoms with van der Waals surface area (Å²) in [7, 11) is 1.77. The Balaban J connectivity index is 1.91. The number of carbonyl (C=O) groups excluding carboxylic acids is 1. The number of hydrogen-bond donors (Lipinski definition) is 1. The number of benzene rings is 1. The highest BCUT2D eigenvalue weighted by Gasteiger charge is 2.15. The molecule has 1 heterocycles. The van der Waals surface area contributed by atoms with Gasteiger partial charge in [-0.1, -0.05) is 35.5 Å². The van der Waals surface area contributed by atoms with Gasteiger partial charge in [0.25, 0.3) is 5.91 Å². The van der Waals surface area contributed by atoms with E-state index in [1.54, 1.807) is 22.8 Å². The Morgan fingerprint density at radius 2 is 2.10 bits per heavy atom. The molecule has 0 saturated heterocycles. The highest BCUT2D eigenvalue weighted by Crippen LogP contribution is 2.03. The average Bonchev–Trinajstić information content (AvgIpc) is 2.94. The van der Waals surface area contributed by atoms with Gasteiger partial charge in [-0.25, -0.2) is 0 Å². The van der Waals surface area contributed by atoms with Crippen molar-refractivity contribution in [2.45, 2.75) is 13.0 Å². The maximum Gasteiger partial charge on any atom is 0.275 e. The summed E-state index contributed by atoms with van der Waals surface area (Å²) >= 11 is 0. The van der Waals surface area contributed by atoms with Crippen molar-refractivity contribution < 1.29 is 4.79 Å². The van der Waals surface area contributed by atoms with Crippen LogP contribution in [0.1, 0.15) is 16.1 Å². The zero-order chi connectivity index (χ0) is 14.4. The molecule has 106 valence electrons. The van der Waals surface area contributed by atoms with Gasteiger partial charge in [0, 0.05) is 20.1 Å². The van der Waals surface area contributed by atoms with Gasteiger partial charge in [-0.2, -0.15) is 0 Å². The lowest BCUT2D eigenvalue weighted by Crippen LogP contribution is -2.29. The SMILES string of the molecule is CN(CCc1ccccc1)C(=O)c1cn(CCN)nn1. The molecule has 0 bridgehead atoms. The summed E-state index contributed by atoms with van der Waals surface area (Å²) in [6.45, 7) is 1.68. The summed E-state index contributed by atoms with van der Waals surface area (Å²) in [5.41, 5.74) is 7.00. The fraction of sp³-hybridized carbons (Fsp3) is 0.357. The van der Waals surface area contributed by atoms with Gasteiger partial charge in [0.2, 0.25) is 0 Å². The third kappa shape index (κ3) is 3.64. The normalized spacial score (nSPS) is 10.5. The third-order valence-electron chi connectivity index (χ3n) is 3.04. The van der Waals surface area contributed by atoms with E-state index in [-0.39, 0.29) is 5.91 Å². The summed E-state index contributed by atoms with van der Waals surface area (Å²) in [5, 5.41) is 7.74. The van der Waals surface area contributed by atoms with Crippen LogP contribution in [-0.2, 0) is 13.0 Å². The molecule has 0 saturated carbocycles. The Bertz CT molecular complexity index is 552. The second-order valence-corrected chi connectivity index (χ2v) is 4.62. The van der Waals surface area contributed by atoms with Crippen molar-refractivity contribution in [3.63, 3.8) is 0 Å². The molecule has 0 aliphatic carbocycles. The molecule has 0 radical (unpaired) electrons. The zero-order valence-corrected chi connectivity index (χ0v) is 11.6. The number of aromatic nitrogens is 3. The molecule has 0 unspecified atom stereocenters. The summed E-state index contributed by atoms with van der Waals surface area (Å²) < 4.78 is 1.58. The minimum atomic E-state index is -0.121. The number of rotatable bonds is 6. The van der Waals surface area contributed by atoms with Crippen LogP contribution in [0, 0.1) is 0 Å². The predicted octanol–water partition coefficient (Wildman–Crippen LogP) is 0.551. The molecule has 1 aromatic heterocycles. The van der Waals surface area contributed by atoms with Crippen LogP contribution < -0.4 is 5.73 Å². The molecular formula is C14H19N5O. The summed E-state index contributed by atoms with van der Waals surface area (Å²) in [6.07, 6.45) is 2.45. The van der Waals surface area contributed by atoms with Crippen LogP contribution in [0.5, 0.6) is 0 Å². The van der Waals surface area contributed by atoms with Gasteiger partial charge in [0.05, 0.1) is 12.7 Å². The topological polar surface area (TPSA) is 77.0 Å². The van der Waals surface area contributed by atoms with E-state index in [0.29, 0.717) is 25.3 Å². The number of carbonyl (C=O) groups is 1. The molecule has 0 spiro atoms. The second-order valence-electron chi connectivity index (χ2n) is 4.62. The lowest BCUT2D eigenvalue weighted by atomic mass is 10.1. The molecule has 2 aromatic rings. The summed E-state index contributed by atoms with van der Waals surface area (Å²) in [6, 6.07) is 10.1. The van der Waals surface area contributed by atoms with Gasteiger partial charge in [0.1, 0.15) is 0 Å². The Hall–Kier alpha value is -2.21. The maximum atomic E-state index is 12.2. The Labute approximate surface area is 118 Å². The first kappa shape index (κ1) is 14.2. The fourth-order valence-electron chi connectivity index (χ4n) is 1.88. The van der Waals surface area contributed by atoms with Gasteiger partial charge in [-0.3, -0.25) is 9.48 Å². The quantitative estimate of drug-likeness (QED) is 0.834. The highest BCUT2D eigenvalue weighted by atomic mass is 16.2. The van der Waals surface area contributed by atoms with E-state index in [1.807, 2.05) is 18.2 Å². The van der Waals surface area contributed by atoms with Gasteiger partial charge < -0.3 is 10.6 Å². The van der Waals surface area contributed by atoms with E-state index in [9.17, 15) is 4.79 Å². The Morgan fingerprint density at radius 1 is 1.35 bits per heavy atom. The number of nitrogens with zero attached hydrogens (tertiary/aromatic N) is 4. The predicted molar refractivity (Wildman–Crippen MR) is 76.2 cm³/mol. The first-order valence-corrected chi connectivity index (χ1v) is 6.60. The van der Waals surface area contributed by atoms with Crippen molar-refractivity contribution in [3.05, 3.63) is 47.8 Å². The first-order chi connectivity index (χ1) is 9.70. The zero-order valence-electron chi connectivity index (χ0n) is 11.6. The molecule has 2 N–H and O–H groups in total. The number of likely N-dealkylation sites (N-methyl/N-ethyl adjacent to an activating group) is 1. The largest absolute Gasteiger partial charge is 0.340 e. The minimum absolute atomic E-state index is 0.121. The highest BCUT2D eigenvalue weighted by molar-refractivity contribution is 5.91. The fourth-order valence-corrected chi connectivity index (χ4v) is 1.88. The maximum absolute atomic E-state index is 12.2. The van der Waals surface area contributed by atoms with Crippen molar-refractivity contribution in [2.75, 3.05) is 20.1 Å². The Kier molecular flexibility index (Phi) is 4.84. The van der Waals surface area contributed by atoms with Crippen molar-refractivity contribution in [1.82, 2.24) is 19.9 Å². The smallest absolute Gasteiger partial charge is 0.275 e. The first-order valence-electron chi connectivity index (χ1n) is 6.60. The standard InChI is InChI=1S/C14H19N5O/c1-18(9-7-12-5-3-2-4-6-12)14(20)13-11-19(10-8-15)17-16-13/h2-6,11H,7-10,15H2,1H3. The van der Waals surface area contributed by atoms with E-state index >= 15 is 0 Å². The van der Waals surface area contributed by atoms with Crippen LogP contribution in [0.25, 0.3) is 0 Å². The molecule has 1 amide bonds. The van der Waals surface area contributed by atoms with E-state index in [0.717, 1.165) is 6.42 Å². The molecule has 0 fully saturated rings. The lowest BCUT2D eigenvalue weighted by molar-refractivity contribution is 0.0790. The molecule has 6 nitrogen and oxygen atoms in total. The number of hydrogen-bond acceptors (Lipinski definition) is 4. The average molecular weight is 273 g/mol. The van der Waals surface area contributed by atoms with Gasteiger partial charge in [-0.15, -0.1) is 5.10 Å². The summed E-state index contributed by atoms with van der Waals surface area (Å²) in [4.78, 5) is 13.8.